The highest BCUT2D eigenvalue weighted by molar-refractivity contribution is 7.89. The molecule has 1 N–H and O–H groups in total. The van der Waals surface area contributed by atoms with Gasteiger partial charge in [-0.3, -0.25) is 4.79 Å². The van der Waals surface area contributed by atoms with Crippen LogP contribution in [0.1, 0.15) is 55.5 Å². The number of carbonyl (C=O) groups excluding carboxylic acids is 1. The Morgan fingerprint density at radius 2 is 1.54 bits per heavy atom. The minimum Gasteiger partial charge on any atom is -0.497 e. The number of methoxy groups -OCH3 is 1. The van der Waals surface area contributed by atoms with E-state index < -0.39 is 10.0 Å². The molecule has 2 fully saturated rings. The summed E-state index contributed by atoms with van der Waals surface area (Å²) in [5.74, 6) is 1.63. The Bertz CT molecular complexity index is 1120. The van der Waals surface area contributed by atoms with Crippen molar-refractivity contribution in [1.29, 1.82) is 0 Å². The van der Waals surface area contributed by atoms with Crippen molar-refractivity contribution in [3.63, 3.8) is 0 Å². The number of sulfonamides is 1. The first-order valence-electron chi connectivity index (χ1n) is 12.6. The molecule has 2 saturated heterocycles. The maximum atomic E-state index is 13.8. The van der Waals surface area contributed by atoms with Crippen LogP contribution in [0.15, 0.2) is 47.4 Å². The van der Waals surface area contributed by atoms with Gasteiger partial charge in [0.2, 0.25) is 10.0 Å². The smallest absolute Gasteiger partial charge is 0.251 e. The second-order valence-corrected chi connectivity index (χ2v) is 11.9. The summed E-state index contributed by atoms with van der Waals surface area (Å²) in [5, 5.41) is 2.92. The molecule has 2 heterocycles. The van der Waals surface area contributed by atoms with Crippen LogP contribution in [0.3, 0.4) is 0 Å². The van der Waals surface area contributed by atoms with Crippen LogP contribution in [0.4, 0.5) is 5.69 Å². The van der Waals surface area contributed by atoms with Crippen molar-refractivity contribution < 1.29 is 17.9 Å². The highest BCUT2D eigenvalue weighted by Gasteiger charge is 2.32. The Hall–Kier alpha value is -2.58. The van der Waals surface area contributed by atoms with E-state index in [0.29, 0.717) is 42.7 Å². The van der Waals surface area contributed by atoms with E-state index in [2.05, 4.69) is 24.1 Å². The molecule has 0 saturated carbocycles. The number of anilines is 1. The number of amides is 1. The molecule has 2 aliphatic heterocycles. The largest absolute Gasteiger partial charge is 0.497 e. The van der Waals surface area contributed by atoms with Crippen molar-refractivity contribution in [1.82, 2.24) is 9.62 Å². The van der Waals surface area contributed by atoms with Crippen LogP contribution < -0.4 is 15.0 Å². The molecule has 2 aromatic rings. The molecule has 0 unspecified atom stereocenters. The minimum absolute atomic E-state index is 0.249. The first-order chi connectivity index (χ1) is 16.8. The fraction of sp³-hybridized carbons (Fsp3) is 0.519. The van der Waals surface area contributed by atoms with Crippen LogP contribution in [0.2, 0.25) is 0 Å². The van der Waals surface area contributed by atoms with Gasteiger partial charge < -0.3 is 15.0 Å². The number of hydrogen-bond donors (Lipinski definition) is 1. The summed E-state index contributed by atoms with van der Waals surface area (Å²) in [6.45, 7) is 7.44. The van der Waals surface area contributed by atoms with Gasteiger partial charge in [-0.2, -0.15) is 4.31 Å². The van der Waals surface area contributed by atoms with E-state index in [9.17, 15) is 13.2 Å². The van der Waals surface area contributed by atoms with Gasteiger partial charge in [0.05, 0.1) is 12.8 Å². The Morgan fingerprint density at radius 3 is 2.14 bits per heavy atom. The zero-order chi connectivity index (χ0) is 25.0. The third-order valence-corrected chi connectivity index (χ3v) is 9.25. The summed E-state index contributed by atoms with van der Waals surface area (Å²) in [4.78, 5) is 15.4. The van der Waals surface area contributed by atoms with Crippen LogP contribution in [0.5, 0.6) is 5.75 Å². The quantitative estimate of drug-likeness (QED) is 0.615. The topological polar surface area (TPSA) is 79.0 Å². The number of hydrogen-bond acceptors (Lipinski definition) is 5. The highest BCUT2D eigenvalue weighted by atomic mass is 32.2. The summed E-state index contributed by atoms with van der Waals surface area (Å²) < 4.78 is 34.4. The second kappa shape index (κ2) is 11.0. The summed E-state index contributed by atoms with van der Waals surface area (Å²) in [6, 6.07) is 12.6. The van der Waals surface area contributed by atoms with Gasteiger partial charge in [-0.25, -0.2) is 8.42 Å². The summed E-state index contributed by atoms with van der Waals surface area (Å²) in [5.41, 5.74) is 2.01. The lowest BCUT2D eigenvalue weighted by Crippen LogP contribution is -2.40. The van der Waals surface area contributed by atoms with Gasteiger partial charge in [0, 0.05) is 38.3 Å². The first kappa shape index (κ1) is 25.5. The average molecular weight is 500 g/mol. The van der Waals surface area contributed by atoms with Gasteiger partial charge in [-0.05, 0) is 73.4 Å². The molecule has 0 radical (unpaired) electrons. The Morgan fingerprint density at radius 1 is 0.943 bits per heavy atom. The summed E-state index contributed by atoms with van der Waals surface area (Å²) >= 11 is 0. The zero-order valence-electron chi connectivity index (χ0n) is 21.0. The lowest BCUT2D eigenvalue weighted by molar-refractivity contribution is 0.0950. The van der Waals surface area contributed by atoms with E-state index in [1.807, 2.05) is 30.3 Å². The molecule has 190 valence electrons. The molecule has 0 spiro atoms. The SMILES string of the molecule is COc1ccc(CNC(=O)c2ccc(N3CCC(C)CC3)c(S(=O)(=O)N3CCC(C)CC3)c2)cc1. The average Bonchev–Trinajstić information content (AvgIpc) is 2.88. The fourth-order valence-electron chi connectivity index (χ4n) is 4.76. The molecule has 0 aliphatic carbocycles. The zero-order valence-corrected chi connectivity index (χ0v) is 21.8. The number of ether oxygens (including phenoxy) is 1. The molecule has 0 bridgehead atoms. The van der Waals surface area contributed by atoms with Gasteiger partial charge in [0.1, 0.15) is 10.6 Å². The maximum Gasteiger partial charge on any atom is 0.251 e. The van der Waals surface area contributed by atoms with E-state index in [1.165, 1.54) is 0 Å². The highest BCUT2D eigenvalue weighted by Crippen LogP contribution is 2.33. The molecule has 0 atom stereocenters. The molecule has 2 aromatic carbocycles. The number of carbonyl (C=O) groups is 1. The summed E-state index contributed by atoms with van der Waals surface area (Å²) in [6.07, 6.45) is 3.78. The molecule has 1 amide bonds. The Balaban J connectivity index is 1.59. The number of rotatable bonds is 7. The molecule has 0 aromatic heterocycles. The van der Waals surface area contributed by atoms with Gasteiger partial charge in [0.15, 0.2) is 0 Å². The number of benzene rings is 2. The van der Waals surface area contributed by atoms with Gasteiger partial charge >= 0.3 is 0 Å². The predicted octanol–water partition coefficient (Wildman–Crippen LogP) is 4.28. The van der Waals surface area contributed by atoms with Gasteiger partial charge in [0.25, 0.3) is 5.91 Å². The van der Waals surface area contributed by atoms with E-state index in [-0.39, 0.29) is 10.8 Å². The van der Waals surface area contributed by atoms with Gasteiger partial charge in [-0.15, -0.1) is 0 Å². The predicted molar refractivity (Wildman–Crippen MR) is 138 cm³/mol. The molecule has 2 aliphatic rings. The van der Waals surface area contributed by atoms with Crippen molar-refractivity contribution in [2.75, 3.05) is 38.2 Å². The van der Waals surface area contributed by atoms with Crippen molar-refractivity contribution in [2.45, 2.75) is 51.0 Å². The van der Waals surface area contributed by atoms with Crippen LogP contribution >= 0.6 is 0 Å². The third-order valence-electron chi connectivity index (χ3n) is 7.32. The van der Waals surface area contributed by atoms with E-state index in [1.54, 1.807) is 23.5 Å². The molecule has 4 rings (SSSR count). The molecule has 35 heavy (non-hydrogen) atoms. The monoisotopic (exact) mass is 499 g/mol. The van der Waals surface area contributed by atoms with Crippen LogP contribution in [-0.2, 0) is 16.6 Å². The van der Waals surface area contributed by atoms with Crippen molar-refractivity contribution >= 4 is 21.6 Å². The maximum absolute atomic E-state index is 13.8. The number of piperidine rings is 2. The second-order valence-electron chi connectivity index (χ2n) is 9.97. The minimum atomic E-state index is -3.71. The van der Waals surface area contributed by atoms with E-state index >= 15 is 0 Å². The molecular formula is C27H37N3O4S. The number of nitrogens with zero attached hydrogens (tertiary/aromatic N) is 2. The summed E-state index contributed by atoms with van der Waals surface area (Å²) in [7, 11) is -2.10. The fourth-order valence-corrected chi connectivity index (χ4v) is 6.47. The lowest BCUT2D eigenvalue weighted by atomic mass is 9.98. The van der Waals surface area contributed by atoms with Crippen molar-refractivity contribution in [3.05, 3.63) is 53.6 Å². The number of nitrogens with one attached hydrogen (secondary N) is 1. The lowest BCUT2D eigenvalue weighted by Gasteiger charge is -2.35. The molecule has 8 heteroatoms. The molecular weight excluding hydrogens is 462 g/mol. The third kappa shape index (κ3) is 5.98. The normalized spacial score (nSPS) is 18.4. The Labute approximate surface area is 209 Å². The van der Waals surface area contributed by atoms with Crippen LogP contribution in [0, 0.1) is 11.8 Å². The van der Waals surface area contributed by atoms with Crippen LogP contribution in [-0.4, -0.2) is 51.9 Å². The van der Waals surface area contributed by atoms with E-state index in [0.717, 1.165) is 50.1 Å². The Kier molecular flexibility index (Phi) is 8.02. The van der Waals surface area contributed by atoms with Crippen molar-refractivity contribution in [3.8, 4) is 5.75 Å². The van der Waals surface area contributed by atoms with Crippen molar-refractivity contribution in [2.24, 2.45) is 11.8 Å². The standard InChI is InChI=1S/C27H37N3O4S/c1-20-10-14-29(15-11-20)25-9-6-23(27(31)28-19-22-4-7-24(34-3)8-5-22)18-26(25)35(32,33)30-16-12-21(2)13-17-30/h4-9,18,20-21H,10-17,19H2,1-3H3,(H,28,31). The van der Waals surface area contributed by atoms with Gasteiger partial charge in [-0.1, -0.05) is 26.0 Å². The molecule has 7 nitrogen and oxygen atoms in total. The first-order valence-corrected chi connectivity index (χ1v) is 14.0. The van der Waals surface area contributed by atoms with E-state index in [4.69, 9.17) is 4.74 Å². The van der Waals surface area contributed by atoms with Crippen LogP contribution in [0.25, 0.3) is 0 Å².